The minimum absolute atomic E-state index is 0.000656. The van der Waals surface area contributed by atoms with E-state index in [2.05, 4.69) is 15.1 Å². The molecule has 4 aromatic carbocycles. The predicted octanol–water partition coefficient (Wildman–Crippen LogP) is 2.99. The van der Waals surface area contributed by atoms with Crippen molar-refractivity contribution in [1.82, 2.24) is 19.5 Å². The lowest BCUT2D eigenvalue weighted by atomic mass is 9.96. The highest BCUT2D eigenvalue weighted by Gasteiger charge is 2.47. The molecule has 2 aliphatic rings. The summed E-state index contributed by atoms with van der Waals surface area (Å²) in [6.45, 7) is -0.688. The number of aromatic nitrogens is 3. The van der Waals surface area contributed by atoms with E-state index in [1.54, 1.807) is 18.3 Å². The summed E-state index contributed by atoms with van der Waals surface area (Å²) in [5.41, 5.74) is 2.61. The fraction of sp³-hybridized carbons (Fsp3) is 0.167. The van der Waals surface area contributed by atoms with Crippen LogP contribution in [0.4, 0.5) is 0 Å². The fourth-order valence-corrected chi connectivity index (χ4v) is 7.35. The number of aliphatic hydroxyl groups excluding tert-OH is 4. The van der Waals surface area contributed by atoms with Gasteiger partial charge in [0.15, 0.2) is 6.23 Å². The van der Waals surface area contributed by atoms with E-state index < -0.39 is 49.1 Å². The third kappa shape index (κ3) is 4.14. The van der Waals surface area contributed by atoms with E-state index in [1.807, 2.05) is 30.3 Å². The fourth-order valence-electron chi connectivity index (χ4n) is 7.35. The van der Waals surface area contributed by atoms with Gasteiger partial charge in [0, 0.05) is 50.8 Å². The minimum atomic E-state index is -1.74. The van der Waals surface area contributed by atoms with Gasteiger partial charge in [-0.15, -0.1) is 0 Å². The van der Waals surface area contributed by atoms with Crippen LogP contribution < -0.4 is 0 Å². The van der Waals surface area contributed by atoms with Crippen molar-refractivity contribution >= 4 is 72.5 Å². The number of H-pyrrole nitrogens is 1. The molecule has 2 aliphatic heterocycles. The van der Waals surface area contributed by atoms with Crippen molar-refractivity contribution in [2.45, 2.75) is 30.6 Å². The van der Waals surface area contributed by atoms with Crippen molar-refractivity contribution in [3.05, 3.63) is 89.6 Å². The Morgan fingerprint density at radius 3 is 2.36 bits per heavy atom. The number of nitrogens with one attached hydrogen (secondary N) is 1. The Morgan fingerprint density at radius 2 is 1.58 bits per heavy atom. The number of fused-ring (bicyclic) bond motifs is 11. The van der Waals surface area contributed by atoms with Crippen molar-refractivity contribution in [3.63, 3.8) is 0 Å². The van der Waals surface area contributed by atoms with Crippen LogP contribution >= 0.6 is 0 Å². The molecule has 1 fully saturated rings. The van der Waals surface area contributed by atoms with Crippen LogP contribution in [-0.2, 0) is 4.74 Å². The van der Waals surface area contributed by atoms with Crippen molar-refractivity contribution < 1.29 is 45.0 Å². The molecule has 5 heterocycles. The number of aromatic hydroxyl groups is 2. The number of ether oxygens (including phenoxy) is 1. The summed E-state index contributed by atoms with van der Waals surface area (Å²) in [6.07, 6.45) is -4.89. The first-order valence-corrected chi connectivity index (χ1v) is 15.7. The van der Waals surface area contributed by atoms with Gasteiger partial charge < -0.3 is 44.9 Å². The third-order valence-corrected chi connectivity index (χ3v) is 9.62. The summed E-state index contributed by atoms with van der Waals surface area (Å²) in [5.74, 6) is -1.67. The second-order valence-electron chi connectivity index (χ2n) is 12.5. The molecule has 14 nitrogen and oxygen atoms in total. The van der Waals surface area contributed by atoms with Crippen LogP contribution in [0.25, 0.3) is 54.5 Å². The first-order chi connectivity index (χ1) is 24.2. The lowest BCUT2D eigenvalue weighted by Crippen LogP contribution is -2.56. The lowest BCUT2D eigenvalue weighted by Gasteiger charge is -2.41. The number of amides is 2. The van der Waals surface area contributed by atoms with Crippen molar-refractivity contribution in [3.8, 4) is 11.5 Å². The predicted molar refractivity (Wildman–Crippen MR) is 181 cm³/mol. The van der Waals surface area contributed by atoms with Crippen molar-refractivity contribution in [2.24, 2.45) is 5.10 Å². The van der Waals surface area contributed by atoms with Crippen LogP contribution in [0.5, 0.6) is 11.5 Å². The largest absolute Gasteiger partial charge is 0.508 e. The maximum absolute atomic E-state index is 14.4. The molecule has 7 aromatic rings. The Morgan fingerprint density at radius 1 is 0.860 bits per heavy atom. The molecule has 0 bridgehead atoms. The molecule has 0 aliphatic carbocycles. The van der Waals surface area contributed by atoms with Crippen molar-refractivity contribution in [2.75, 3.05) is 6.61 Å². The lowest BCUT2D eigenvalue weighted by molar-refractivity contribution is -0.249. The van der Waals surface area contributed by atoms with Gasteiger partial charge in [-0.3, -0.25) is 14.6 Å². The number of carbonyl (C=O) groups is 2. The number of rotatable bonds is 4. The van der Waals surface area contributed by atoms with Crippen LogP contribution in [0.15, 0.2) is 78.0 Å². The van der Waals surface area contributed by atoms with Gasteiger partial charge in [0.05, 0.1) is 51.5 Å². The molecule has 50 heavy (non-hydrogen) atoms. The van der Waals surface area contributed by atoms with Gasteiger partial charge in [-0.25, -0.2) is 0 Å². The molecule has 1 saturated heterocycles. The molecule has 3 aromatic heterocycles. The number of carbonyl (C=O) groups excluding carboxylic acids is 2. The number of nitrogens with zero attached hydrogens (tertiary/aromatic N) is 4. The molecule has 0 saturated carbocycles. The zero-order chi connectivity index (χ0) is 34.6. The summed E-state index contributed by atoms with van der Waals surface area (Å²) in [7, 11) is 0. The molecule has 5 atom stereocenters. The quantitative estimate of drug-likeness (QED) is 0.107. The third-order valence-electron chi connectivity index (χ3n) is 9.62. The average molecular weight is 674 g/mol. The second-order valence-corrected chi connectivity index (χ2v) is 12.5. The molecular weight excluding hydrogens is 646 g/mol. The highest BCUT2D eigenvalue weighted by atomic mass is 16.6. The normalized spacial score (nSPS) is 22.7. The molecule has 0 spiro atoms. The maximum Gasteiger partial charge on any atom is 0.283 e. The van der Waals surface area contributed by atoms with Crippen LogP contribution in [-0.4, -0.2) is 99.2 Å². The highest BCUT2D eigenvalue weighted by molar-refractivity contribution is 6.39. The van der Waals surface area contributed by atoms with Crippen LogP contribution in [0, 0.1) is 0 Å². The van der Waals surface area contributed by atoms with E-state index in [0.717, 1.165) is 15.9 Å². The van der Waals surface area contributed by atoms with Gasteiger partial charge in [-0.1, -0.05) is 18.2 Å². The minimum Gasteiger partial charge on any atom is -0.508 e. The zero-order valence-corrected chi connectivity index (χ0v) is 25.8. The molecule has 9 rings (SSSR count). The molecular formula is C36H27N5O9. The van der Waals surface area contributed by atoms with E-state index in [0.29, 0.717) is 32.8 Å². The number of imide groups is 1. The van der Waals surface area contributed by atoms with E-state index in [-0.39, 0.29) is 39.0 Å². The summed E-state index contributed by atoms with van der Waals surface area (Å²) >= 11 is 0. The van der Waals surface area contributed by atoms with Gasteiger partial charge in [0.25, 0.3) is 11.8 Å². The SMILES string of the molecule is O=C1c2c(c3c4ccc(O)cc4n([C@@H]4O[C@H](CO)[C@@H](O)[C@H](O)[C@H]4O)c3c3[nH]c4cc(O)ccc4c23)C(=O)N1/N=C/c1cnc2ccccc2c1. The summed E-state index contributed by atoms with van der Waals surface area (Å²) in [5, 5.41) is 71.0. The molecule has 7 N–H and O–H groups in total. The number of aliphatic hydroxyl groups is 4. The number of phenolic OH excluding ortho intramolecular Hbond substituents is 2. The Labute approximate surface area is 280 Å². The number of benzene rings is 4. The summed E-state index contributed by atoms with van der Waals surface area (Å²) in [6, 6.07) is 18.2. The van der Waals surface area contributed by atoms with Gasteiger partial charge in [-0.05, 0) is 36.4 Å². The van der Waals surface area contributed by atoms with Gasteiger partial charge in [0.2, 0.25) is 0 Å². The van der Waals surface area contributed by atoms with Crippen LogP contribution in [0.1, 0.15) is 32.5 Å². The number of hydrazone groups is 1. The zero-order valence-electron chi connectivity index (χ0n) is 25.8. The van der Waals surface area contributed by atoms with Crippen LogP contribution in [0.3, 0.4) is 0 Å². The Hall–Kier alpha value is -5.90. The number of hydrogen-bond acceptors (Lipinski definition) is 11. The molecule has 2 amide bonds. The highest BCUT2D eigenvalue weighted by Crippen LogP contribution is 2.48. The monoisotopic (exact) mass is 673 g/mol. The Balaban J connectivity index is 1.34. The maximum atomic E-state index is 14.4. The first-order valence-electron chi connectivity index (χ1n) is 15.7. The second kappa shape index (κ2) is 10.8. The number of phenols is 2. The summed E-state index contributed by atoms with van der Waals surface area (Å²) < 4.78 is 7.47. The van der Waals surface area contributed by atoms with Gasteiger partial charge >= 0.3 is 0 Å². The average Bonchev–Trinajstić information content (AvgIpc) is 3.72. The Kier molecular flexibility index (Phi) is 6.52. The topological polar surface area (TPSA) is 214 Å². The van der Waals surface area contributed by atoms with Crippen molar-refractivity contribution in [1.29, 1.82) is 0 Å². The van der Waals surface area contributed by atoms with E-state index in [9.17, 15) is 40.2 Å². The summed E-state index contributed by atoms with van der Waals surface area (Å²) in [4.78, 5) is 36.5. The van der Waals surface area contributed by atoms with E-state index in [4.69, 9.17) is 4.74 Å². The molecule has 14 heteroatoms. The molecule has 0 radical (unpaired) electrons. The number of pyridine rings is 1. The van der Waals surface area contributed by atoms with E-state index >= 15 is 0 Å². The number of aromatic amines is 1. The number of para-hydroxylation sites is 1. The smallest absolute Gasteiger partial charge is 0.283 e. The Bertz CT molecular complexity index is 2630. The van der Waals surface area contributed by atoms with Gasteiger partial charge in [-0.2, -0.15) is 10.1 Å². The number of hydrogen-bond donors (Lipinski definition) is 7. The van der Waals surface area contributed by atoms with Crippen LogP contribution in [0.2, 0.25) is 0 Å². The standard InChI is InChI=1S/C36H27N5O9/c42-14-24-31(45)32(46)33(47)36(50-24)40-23-11-18(44)6-8-20(23)26-28-27(25-19-7-5-17(43)10-22(19)39-29(25)30(26)40)34(48)41(35(28)49)38-13-15-9-16-3-1-2-4-21(16)37-12-15/h1-13,24,31-33,36,39,42-47H,14H2/b38-13+/t24-,31-,32+,33-,36-/m1/s1. The first kappa shape index (κ1) is 30.2. The van der Waals surface area contributed by atoms with Gasteiger partial charge in [0.1, 0.15) is 35.9 Å². The van der Waals surface area contributed by atoms with E-state index in [1.165, 1.54) is 35.0 Å². The molecule has 250 valence electrons. The molecule has 0 unspecified atom stereocenters.